The molecule has 0 aliphatic carbocycles. The van der Waals surface area contributed by atoms with Crippen LogP contribution in [0.25, 0.3) is 0 Å². The van der Waals surface area contributed by atoms with Gasteiger partial charge in [0.05, 0.1) is 11.5 Å². The summed E-state index contributed by atoms with van der Waals surface area (Å²) < 4.78 is 22.2. The molecular formula is C6H10N4O2S. The van der Waals surface area contributed by atoms with E-state index in [1.807, 2.05) is 0 Å². The first kappa shape index (κ1) is 11.5. The highest BCUT2D eigenvalue weighted by Crippen LogP contribution is 1.87. The Balaban J connectivity index is 3.71. The maximum Gasteiger partial charge on any atom is 0.176 e. The molecule has 13 heavy (non-hydrogen) atoms. The van der Waals surface area contributed by atoms with Crippen LogP contribution in [0.15, 0.2) is 0 Å². The summed E-state index contributed by atoms with van der Waals surface area (Å²) in [6.45, 7) is 0.233. The van der Waals surface area contributed by atoms with E-state index in [0.717, 1.165) is 0 Å². The summed E-state index contributed by atoms with van der Waals surface area (Å²) in [4.78, 5) is 0. The van der Waals surface area contributed by atoms with E-state index in [2.05, 4.69) is 10.6 Å². The molecule has 0 spiro atoms. The van der Waals surface area contributed by atoms with E-state index in [4.69, 9.17) is 10.5 Å². The Bertz CT molecular complexity index is 285. The summed E-state index contributed by atoms with van der Waals surface area (Å²) in [6, 6.07) is 0. The standard InChI is InChI=1S/C6H10N4O2S/c7-5-9-1-3-13(11,12)4-2-10-6-8/h9-10H,1-4H2. The van der Waals surface area contributed by atoms with Crippen LogP contribution in [0.2, 0.25) is 0 Å². The van der Waals surface area contributed by atoms with E-state index in [9.17, 15) is 8.42 Å². The van der Waals surface area contributed by atoms with Crippen LogP contribution in [0, 0.1) is 22.9 Å². The highest BCUT2D eigenvalue weighted by atomic mass is 32.2. The van der Waals surface area contributed by atoms with E-state index < -0.39 is 9.84 Å². The fourth-order valence-electron chi connectivity index (χ4n) is 0.627. The molecule has 0 saturated heterocycles. The normalized spacial score (nSPS) is 9.69. The van der Waals surface area contributed by atoms with Crippen LogP contribution in [0.5, 0.6) is 0 Å². The lowest BCUT2D eigenvalue weighted by molar-refractivity contribution is 0.593. The van der Waals surface area contributed by atoms with Gasteiger partial charge < -0.3 is 10.6 Å². The van der Waals surface area contributed by atoms with Gasteiger partial charge in [-0.2, -0.15) is 10.5 Å². The van der Waals surface area contributed by atoms with E-state index in [1.165, 1.54) is 0 Å². The zero-order valence-electron chi connectivity index (χ0n) is 6.95. The van der Waals surface area contributed by atoms with E-state index in [0.29, 0.717) is 0 Å². The number of hydrogen-bond acceptors (Lipinski definition) is 6. The average Bonchev–Trinajstić information content (AvgIpc) is 2.05. The topological polar surface area (TPSA) is 106 Å². The largest absolute Gasteiger partial charge is 0.323 e. The third kappa shape index (κ3) is 6.91. The predicted molar refractivity (Wildman–Crippen MR) is 45.9 cm³/mol. The fraction of sp³-hybridized carbons (Fsp3) is 0.667. The summed E-state index contributed by atoms with van der Waals surface area (Å²) in [5.74, 6) is -0.179. The van der Waals surface area contributed by atoms with Crippen molar-refractivity contribution in [3.05, 3.63) is 0 Å². The van der Waals surface area contributed by atoms with Gasteiger partial charge in [0.2, 0.25) is 0 Å². The van der Waals surface area contributed by atoms with Gasteiger partial charge in [-0.1, -0.05) is 0 Å². The third-order valence-electron chi connectivity index (χ3n) is 1.23. The SMILES string of the molecule is N#CNCCS(=O)(=O)CCNC#N. The van der Waals surface area contributed by atoms with Crippen LogP contribution in [0.4, 0.5) is 0 Å². The van der Waals surface area contributed by atoms with Gasteiger partial charge in [0.15, 0.2) is 22.2 Å². The van der Waals surface area contributed by atoms with E-state index in [1.54, 1.807) is 12.4 Å². The van der Waals surface area contributed by atoms with E-state index >= 15 is 0 Å². The lowest BCUT2D eigenvalue weighted by Crippen LogP contribution is -2.25. The predicted octanol–water partition coefficient (Wildman–Crippen LogP) is -1.46. The molecule has 0 bridgehead atoms. The first-order chi connectivity index (χ1) is 6.12. The van der Waals surface area contributed by atoms with Crippen molar-refractivity contribution in [2.75, 3.05) is 24.6 Å². The summed E-state index contributed by atoms with van der Waals surface area (Å²) in [6.07, 6.45) is 3.25. The monoisotopic (exact) mass is 202 g/mol. The molecule has 2 N–H and O–H groups in total. The molecule has 0 heterocycles. The molecule has 0 unspecified atom stereocenters. The quantitative estimate of drug-likeness (QED) is 0.310. The number of nitrogens with zero attached hydrogens (tertiary/aromatic N) is 2. The van der Waals surface area contributed by atoms with Gasteiger partial charge in [-0.15, -0.1) is 0 Å². The molecule has 0 rings (SSSR count). The molecular weight excluding hydrogens is 192 g/mol. The van der Waals surface area contributed by atoms with E-state index in [-0.39, 0.29) is 24.6 Å². The van der Waals surface area contributed by atoms with Crippen molar-refractivity contribution in [1.29, 1.82) is 10.5 Å². The molecule has 0 aromatic rings. The molecule has 0 saturated carbocycles. The van der Waals surface area contributed by atoms with Crippen LogP contribution >= 0.6 is 0 Å². The first-order valence-corrected chi connectivity index (χ1v) is 5.39. The molecule has 72 valence electrons. The smallest absolute Gasteiger partial charge is 0.176 e. The second-order valence-electron chi connectivity index (χ2n) is 2.23. The molecule has 0 amide bonds. The molecule has 7 heteroatoms. The van der Waals surface area contributed by atoms with Crippen LogP contribution in [-0.2, 0) is 9.84 Å². The lowest BCUT2D eigenvalue weighted by Gasteiger charge is -2.01. The van der Waals surface area contributed by atoms with Gasteiger partial charge in [-0.3, -0.25) is 0 Å². The molecule has 0 aliphatic heterocycles. The van der Waals surface area contributed by atoms with Gasteiger partial charge in [-0.05, 0) is 0 Å². The molecule has 0 aliphatic rings. The lowest BCUT2D eigenvalue weighted by atomic mass is 10.7. The summed E-state index contributed by atoms with van der Waals surface area (Å²) in [5.41, 5.74) is 0. The number of nitriles is 2. The van der Waals surface area contributed by atoms with Gasteiger partial charge in [0.1, 0.15) is 0 Å². The number of nitrogens with one attached hydrogen (secondary N) is 2. The minimum Gasteiger partial charge on any atom is -0.323 e. The molecule has 0 aromatic heterocycles. The zero-order chi connectivity index (χ0) is 10.2. The molecule has 0 atom stereocenters. The van der Waals surface area contributed by atoms with Crippen molar-refractivity contribution in [2.24, 2.45) is 0 Å². The van der Waals surface area contributed by atoms with Crippen LogP contribution in [0.3, 0.4) is 0 Å². The van der Waals surface area contributed by atoms with Crippen molar-refractivity contribution in [2.45, 2.75) is 0 Å². The second kappa shape index (κ2) is 6.09. The van der Waals surface area contributed by atoms with Crippen LogP contribution < -0.4 is 10.6 Å². The van der Waals surface area contributed by atoms with Crippen LogP contribution in [0.1, 0.15) is 0 Å². The van der Waals surface area contributed by atoms with Crippen molar-refractivity contribution >= 4 is 9.84 Å². The van der Waals surface area contributed by atoms with Crippen LogP contribution in [-0.4, -0.2) is 33.0 Å². The minimum atomic E-state index is -3.15. The van der Waals surface area contributed by atoms with Gasteiger partial charge in [-0.25, -0.2) is 8.42 Å². The Morgan fingerprint density at radius 3 is 1.69 bits per heavy atom. The Labute approximate surface area is 77.1 Å². The average molecular weight is 202 g/mol. The molecule has 6 nitrogen and oxygen atoms in total. The maximum absolute atomic E-state index is 11.1. The Hall–Kier alpha value is -1.47. The minimum absolute atomic E-state index is 0.0896. The van der Waals surface area contributed by atoms with Crippen molar-refractivity contribution in [3.8, 4) is 12.4 Å². The molecule has 0 radical (unpaired) electrons. The Morgan fingerprint density at radius 2 is 1.38 bits per heavy atom. The second-order valence-corrected chi connectivity index (χ2v) is 4.53. The van der Waals surface area contributed by atoms with Crippen molar-refractivity contribution in [1.82, 2.24) is 10.6 Å². The maximum atomic E-state index is 11.1. The Kier molecular flexibility index (Phi) is 5.40. The molecule has 0 aromatic carbocycles. The zero-order valence-corrected chi connectivity index (χ0v) is 7.76. The highest BCUT2D eigenvalue weighted by molar-refractivity contribution is 7.91. The number of hydrogen-bond donors (Lipinski definition) is 2. The first-order valence-electron chi connectivity index (χ1n) is 3.57. The summed E-state index contributed by atoms with van der Waals surface area (Å²) in [5, 5.41) is 20.6. The molecule has 0 fully saturated rings. The van der Waals surface area contributed by atoms with Crippen molar-refractivity contribution < 1.29 is 8.42 Å². The number of sulfone groups is 1. The Morgan fingerprint density at radius 1 is 1.00 bits per heavy atom. The van der Waals surface area contributed by atoms with Gasteiger partial charge >= 0.3 is 0 Å². The van der Waals surface area contributed by atoms with Gasteiger partial charge in [0, 0.05) is 13.1 Å². The van der Waals surface area contributed by atoms with Gasteiger partial charge in [0.25, 0.3) is 0 Å². The number of rotatable bonds is 6. The fourth-order valence-corrected chi connectivity index (χ4v) is 1.66. The summed E-state index contributed by atoms with van der Waals surface area (Å²) in [7, 11) is -3.15. The third-order valence-corrected chi connectivity index (χ3v) is 2.89. The highest BCUT2D eigenvalue weighted by Gasteiger charge is 2.08. The summed E-state index contributed by atoms with van der Waals surface area (Å²) >= 11 is 0. The van der Waals surface area contributed by atoms with Crippen molar-refractivity contribution in [3.63, 3.8) is 0 Å².